The van der Waals surface area contributed by atoms with Gasteiger partial charge in [-0.2, -0.15) is 0 Å². The van der Waals surface area contributed by atoms with Crippen molar-refractivity contribution in [2.24, 2.45) is 5.92 Å². The Balaban J connectivity index is 2.49. The van der Waals surface area contributed by atoms with E-state index in [4.69, 9.17) is 0 Å². The number of hydrogen-bond donors (Lipinski definition) is 0. The lowest BCUT2D eigenvalue weighted by atomic mass is 9.92. The first-order valence-corrected chi connectivity index (χ1v) is 6.15. The van der Waals surface area contributed by atoms with E-state index in [0.29, 0.717) is 0 Å². The third kappa shape index (κ3) is 2.71. The Hall–Kier alpha value is -0.0800. The van der Waals surface area contributed by atoms with Crippen LogP contribution in [0.15, 0.2) is 0 Å². The van der Waals surface area contributed by atoms with E-state index < -0.39 is 0 Å². The second kappa shape index (κ2) is 5.72. The number of nitrogens with zero attached hydrogens (tertiary/aromatic N) is 2. The molecule has 1 aliphatic rings. The first-order valence-electron chi connectivity index (χ1n) is 6.15. The molecule has 2 atom stereocenters. The fraction of sp³-hybridized carbons (Fsp3) is 1.00. The van der Waals surface area contributed by atoms with Crippen LogP contribution in [-0.2, 0) is 0 Å². The van der Waals surface area contributed by atoms with Crippen molar-refractivity contribution in [3.05, 3.63) is 0 Å². The molecule has 0 aromatic carbocycles. The van der Waals surface area contributed by atoms with Crippen LogP contribution in [0.1, 0.15) is 40.0 Å². The molecule has 0 N–H and O–H groups in total. The van der Waals surface area contributed by atoms with Gasteiger partial charge >= 0.3 is 0 Å². The second-order valence-corrected chi connectivity index (χ2v) is 4.59. The van der Waals surface area contributed by atoms with Gasteiger partial charge in [0, 0.05) is 12.6 Å². The Kier molecular flexibility index (Phi) is 4.90. The second-order valence-electron chi connectivity index (χ2n) is 4.59. The van der Waals surface area contributed by atoms with Crippen molar-refractivity contribution in [2.75, 3.05) is 26.8 Å². The Labute approximate surface area is 89.3 Å². The monoisotopic (exact) mass is 198 g/mol. The van der Waals surface area contributed by atoms with Gasteiger partial charge in [0.1, 0.15) is 0 Å². The molecule has 1 aliphatic heterocycles. The molecular weight excluding hydrogens is 172 g/mol. The maximum absolute atomic E-state index is 2.54. The minimum absolute atomic E-state index is 0.805. The van der Waals surface area contributed by atoms with E-state index in [1.807, 2.05) is 0 Å². The van der Waals surface area contributed by atoms with Crippen molar-refractivity contribution in [1.82, 2.24) is 9.80 Å². The fourth-order valence-electron chi connectivity index (χ4n) is 2.66. The number of hydrogen-bond acceptors (Lipinski definition) is 2. The average molecular weight is 198 g/mol. The summed E-state index contributed by atoms with van der Waals surface area (Å²) in [4.78, 5) is 5.08. The maximum atomic E-state index is 2.54. The van der Waals surface area contributed by atoms with Gasteiger partial charge in [-0.05, 0) is 25.9 Å². The summed E-state index contributed by atoms with van der Waals surface area (Å²) in [6.07, 6.45) is 4.05. The summed E-state index contributed by atoms with van der Waals surface area (Å²) in [6.45, 7) is 10.5. The Morgan fingerprint density at radius 2 is 2.00 bits per heavy atom. The molecule has 0 saturated carbocycles. The van der Waals surface area contributed by atoms with Crippen LogP contribution in [-0.4, -0.2) is 42.6 Å². The van der Waals surface area contributed by atoms with Crippen molar-refractivity contribution < 1.29 is 0 Å². The maximum Gasteiger partial charge on any atom is 0.0507 e. The van der Waals surface area contributed by atoms with E-state index in [-0.39, 0.29) is 0 Å². The SMILES string of the molecule is CCCC(CC)C1CN(CC)CN1C. The molecule has 2 heteroatoms. The molecule has 84 valence electrons. The minimum atomic E-state index is 0.805. The summed E-state index contributed by atoms with van der Waals surface area (Å²) in [7, 11) is 2.28. The summed E-state index contributed by atoms with van der Waals surface area (Å²) >= 11 is 0. The molecule has 0 bridgehead atoms. The lowest BCUT2D eigenvalue weighted by molar-refractivity contribution is 0.214. The summed E-state index contributed by atoms with van der Waals surface area (Å²) in [6, 6.07) is 0.805. The van der Waals surface area contributed by atoms with Gasteiger partial charge in [-0.15, -0.1) is 0 Å². The highest BCUT2D eigenvalue weighted by atomic mass is 15.4. The van der Waals surface area contributed by atoms with Crippen LogP contribution >= 0.6 is 0 Å². The fourth-order valence-corrected chi connectivity index (χ4v) is 2.66. The van der Waals surface area contributed by atoms with Crippen LogP contribution in [0.5, 0.6) is 0 Å². The molecule has 1 rings (SSSR count). The van der Waals surface area contributed by atoms with Crippen LogP contribution in [0.2, 0.25) is 0 Å². The number of likely N-dealkylation sites (N-methyl/N-ethyl adjacent to an activating group) is 2. The van der Waals surface area contributed by atoms with Gasteiger partial charge in [-0.25, -0.2) is 0 Å². The summed E-state index contributed by atoms with van der Waals surface area (Å²) in [5.74, 6) is 0.904. The predicted molar refractivity (Wildman–Crippen MR) is 62.4 cm³/mol. The zero-order valence-corrected chi connectivity index (χ0v) is 10.3. The highest BCUT2D eigenvalue weighted by molar-refractivity contribution is 4.85. The Morgan fingerprint density at radius 1 is 1.29 bits per heavy atom. The van der Waals surface area contributed by atoms with Crippen molar-refractivity contribution in [1.29, 1.82) is 0 Å². The van der Waals surface area contributed by atoms with E-state index in [2.05, 4.69) is 37.6 Å². The molecule has 0 aromatic rings. The summed E-state index contributed by atoms with van der Waals surface area (Å²) in [5.41, 5.74) is 0. The van der Waals surface area contributed by atoms with E-state index in [9.17, 15) is 0 Å². The van der Waals surface area contributed by atoms with E-state index in [0.717, 1.165) is 12.0 Å². The smallest absolute Gasteiger partial charge is 0.0507 e. The summed E-state index contributed by atoms with van der Waals surface area (Å²) in [5, 5.41) is 0. The molecule has 0 aliphatic carbocycles. The van der Waals surface area contributed by atoms with Crippen LogP contribution < -0.4 is 0 Å². The van der Waals surface area contributed by atoms with Gasteiger partial charge in [-0.1, -0.05) is 33.6 Å². The quantitative estimate of drug-likeness (QED) is 0.669. The molecule has 0 radical (unpaired) electrons. The molecule has 2 nitrogen and oxygen atoms in total. The van der Waals surface area contributed by atoms with Gasteiger partial charge in [0.15, 0.2) is 0 Å². The molecule has 1 fully saturated rings. The topological polar surface area (TPSA) is 6.48 Å². The molecule has 1 heterocycles. The first kappa shape index (κ1) is 12.0. The summed E-state index contributed by atoms with van der Waals surface area (Å²) < 4.78 is 0. The number of rotatable bonds is 5. The average Bonchev–Trinajstić information content (AvgIpc) is 2.56. The van der Waals surface area contributed by atoms with Crippen molar-refractivity contribution in [2.45, 2.75) is 46.1 Å². The van der Waals surface area contributed by atoms with Gasteiger partial charge in [0.25, 0.3) is 0 Å². The predicted octanol–water partition coefficient (Wildman–Crippen LogP) is 2.41. The van der Waals surface area contributed by atoms with Crippen LogP contribution in [0, 0.1) is 5.92 Å². The largest absolute Gasteiger partial charge is 0.289 e. The molecule has 0 aromatic heterocycles. The molecule has 14 heavy (non-hydrogen) atoms. The lowest BCUT2D eigenvalue weighted by Crippen LogP contribution is -2.34. The van der Waals surface area contributed by atoms with Crippen molar-refractivity contribution in [3.63, 3.8) is 0 Å². The molecule has 0 spiro atoms. The molecule has 0 amide bonds. The van der Waals surface area contributed by atoms with Crippen LogP contribution in [0.25, 0.3) is 0 Å². The van der Waals surface area contributed by atoms with E-state index in [1.54, 1.807) is 0 Å². The van der Waals surface area contributed by atoms with Gasteiger partial charge in [-0.3, -0.25) is 9.80 Å². The van der Waals surface area contributed by atoms with Crippen molar-refractivity contribution >= 4 is 0 Å². The third-order valence-electron chi connectivity index (χ3n) is 3.61. The van der Waals surface area contributed by atoms with Gasteiger partial charge in [0.2, 0.25) is 0 Å². The van der Waals surface area contributed by atoms with Gasteiger partial charge < -0.3 is 0 Å². The Morgan fingerprint density at radius 3 is 2.43 bits per heavy atom. The van der Waals surface area contributed by atoms with E-state index in [1.165, 1.54) is 39.0 Å². The normalized spacial score (nSPS) is 27.0. The highest BCUT2D eigenvalue weighted by Gasteiger charge is 2.31. The lowest BCUT2D eigenvalue weighted by Gasteiger charge is -2.26. The highest BCUT2D eigenvalue weighted by Crippen LogP contribution is 2.24. The van der Waals surface area contributed by atoms with E-state index >= 15 is 0 Å². The molecule has 1 saturated heterocycles. The zero-order chi connectivity index (χ0) is 10.6. The minimum Gasteiger partial charge on any atom is -0.289 e. The molecular formula is C12H26N2. The van der Waals surface area contributed by atoms with Gasteiger partial charge in [0.05, 0.1) is 6.67 Å². The zero-order valence-electron chi connectivity index (χ0n) is 10.3. The van der Waals surface area contributed by atoms with Crippen LogP contribution in [0.4, 0.5) is 0 Å². The van der Waals surface area contributed by atoms with Crippen molar-refractivity contribution in [3.8, 4) is 0 Å². The first-order chi connectivity index (χ1) is 6.72. The van der Waals surface area contributed by atoms with Crippen LogP contribution in [0.3, 0.4) is 0 Å². The Bertz CT molecular complexity index is 158. The molecule has 2 unspecified atom stereocenters. The third-order valence-corrected chi connectivity index (χ3v) is 3.61. The standard InChI is InChI=1S/C12H26N2/c1-5-8-11(6-2)12-9-14(7-3)10-13(12)4/h11-12H,5-10H2,1-4H3.